The van der Waals surface area contributed by atoms with Crippen LogP contribution in [0.4, 0.5) is 22.0 Å². The number of aliphatic hydroxyl groups is 1. The number of nitrogens with zero attached hydrogens (tertiary/aromatic N) is 1. The number of hydrogen-bond acceptors (Lipinski definition) is 5. The van der Waals surface area contributed by atoms with Gasteiger partial charge in [0, 0.05) is 31.2 Å². The average molecular weight is 528 g/mol. The molecule has 1 fully saturated rings. The topological polar surface area (TPSA) is 83.5 Å². The van der Waals surface area contributed by atoms with Gasteiger partial charge in [-0.3, -0.25) is 9.78 Å². The van der Waals surface area contributed by atoms with Gasteiger partial charge in [0.1, 0.15) is 11.8 Å². The molecule has 1 atom stereocenters. The Hall–Kier alpha value is -2.05. The minimum atomic E-state index is -4.52. The van der Waals surface area contributed by atoms with E-state index >= 15 is 0 Å². The maximum absolute atomic E-state index is 12.8. The van der Waals surface area contributed by atoms with Crippen molar-refractivity contribution in [2.24, 2.45) is 0 Å². The van der Waals surface area contributed by atoms with Crippen molar-refractivity contribution in [3.63, 3.8) is 0 Å². The Morgan fingerprint density at radius 1 is 1.22 bits per heavy atom. The Morgan fingerprint density at radius 3 is 2.47 bits per heavy atom. The van der Waals surface area contributed by atoms with E-state index in [1.807, 2.05) is 0 Å². The molecule has 0 bridgehead atoms. The molecule has 1 heterocycles. The smallest absolute Gasteiger partial charge is 0.406 e. The SMILES string of the molecule is O=C(NC1CCC(N[C@H](CO)C(F)(F)F)CC1)c1cnc2cc(OC(F)F)c(Br)cc2c1.[HH]. The number of fused-ring (bicyclic) bond motifs is 1. The predicted octanol–water partition coefficient (Wildman–Crippen LogP) is 4.40. The molecule has 32 heavy (non-hydrogen) atoms. The summed E-state index contributed by atoms with van der Waals surface area (Å²) in [7, 11) is 0. The number of amides is 1. The molecule has 178 valence electrons. The molecule has 0 spiro atoms. The lowest BCUT2D eigenvalue weighted by Crippen LogP contribution is -2.51. The molecule has 3 N–H and O–H groups in total. The van der Waals surface area contributed by atoms with Gasteiger partial charge in [0.15, 0.2) is 0 Å². The van der Waals surface area contributed by atoms with Crippen molar-refractivity contribution >= 4 is 32.7 Å². The van der Waals surface area contributed by atoms with Crippen LogP contribution in [0.15, 0.2) is 28.9 Å². The fraction of sp³-hybridized carbons (Fsp3) is 0.500. The Kier molecular flexibility index (Phi) is 7.88. The summed E-state index contributed by atoms with van der Waals surface area (Å²) in [4.78, 5) is 16.7. The van der Waals surface area contributed by atoms with E-state index in [-0.39, 0.29) is 29.2 Å². The first-order valence-electron chi connectivity index (χ1n) is 9.85. The second-order valence-corrected chi connectivity index (χ2v) is 8.40. The molecular formula is C20H23BrF5N3O3. The number of carbonyl (C=O) groups excluding carboxylic acids is 1. The Labute approximate surface area is 190 Å². The van der Waals surface area contributed by atoms with E-state index < -0.39 is 31.5 Å². The summed E-state index contributed by atoms with van der Waals surface area (Å²) >= 11 is 3.15. The molecule has 0 radical (unpaired) electrons. The standard InChI is InChI=1S/C20H21BrF5N3O3.H2/c21-14-6-10-5-11(8-27-15(10)7-16(14)32-19(22)23)18(31)29-13-3-1-12(2-4-13)28-17(9-30)20(24,25)26;/h5-8,12-13,17,19,28,30H,1-4,9H2,(H,29,31);1H/t12?,13?,17-;/m1./s1. The fourth-order valence-corrected chi connectivity index (χ4v) is 4.10. The Bertz CT molecular complexity index is 958. The van der Waals surface area contributed by atoms with E-state index in [1.54, 1.807) is 6.07 Å². The van der Waals surface area contributed by atoms with Gasteiger partial charge >= 0.3 is 12.8 Å². The minimum Gasteiger partial charge on any atom is -0.434 e. The summed E-state index contributed by atoms with van der Waals surface area (Å²) in [5, 5.41) is 14.8. The Balaban J connectivity index is 0.00000385. The molecule has 2 aromatic rings. The van der Waals surface area contributed by atoms with Crippen LogP contribution < -0.4 is 15.4 Å². The van der Waals surface area contributed by atoms with Gasteiger partial charge in [-0.2, -0.15) is 22.0 Å². The van der Waals surface area contributed by atoms with E-state index in [2.05, 4.69) is 36.3 Å². The van der Waals surface area contributed by atoms with Crippen molar-refractivity contribution in [2.75, 3.05) is 6.61 Å². The first-order chi connectivity index (χ1) is 15.1. The lowest BCUT2D eigenvalue weighted by molar-refractivity contribution is -0.166. The number of halogens is 6. The zero-order valence-electron chi connectivity index (χ0n) is 16.6. The van der Waals surface area contributed by atoms with Gasteiger partial charge in [-0.25, -0.2) is 0 Å². The molecule has 3 rings (SSSR count). The van der Waals surface area contributed by atoms with Crippen molar-refractivity contribution in [2.45, 2.75) is 56.6 Å². The number of carbonyl (C=O) groups is 1. The number of alkyl halides is 5. The molecule has 0 unspecified atom stereocenters. The highest BCUT2D eigenvalue weighted by molar-refractivity contribution is 9.10. The monoisotopic (exact) mass is 527 g/mol. The highest BCUT2D eigenvalue weighted by atomic mass is 79.9. The van der Waals surface area contributed by atoms with Crippen LogP contribution in [0.5, 0.6) is 5.75 Å². The lowest BCUT2D eigenvalue weighted by Gasteiger charge is -2.32. The number of rotatable bonds is 7. The summed E-state index contributed by atoms with van der Waals surface area (Å²) in [5.74, 6) is -0.458. The van der Waals surface area contributed by atoms with E-state index in [4.69, 9.17) is 5.11 Å². The number of nitrogens with one attached hydrogen (secondary N) is 2. The number of pyridine rings is 1. The van der Waals surface area contributed by atoms with E-state index in [1.165, 1.54) is 18.3 Å². The quantitative estimate of drug-likeness (QED) is 0.465. The lowest BCUT2D eigenvalue weighted by atomic mass is 9.90. The molecule has 6 nitrogen and oxygen atoms in total. The third-order valence-corrected chi connectivity index (χ3v) is 5.91. The van der Waals surface area contributed by atoms with Crippen LogP contribution >= 0.6 is 15.9 Å². The maximum atomic E-state index is 12.8. The molecule has 1 saturated carbocycles. The highest BCUT2D eigenvalue weighted by Crippen LogP contribution is 2.31. The van der Waals surface area contributed by atoms with Gasteiger partial charge < -0.3 is 20.5 Å². The maximum Gasteiger partial charge on any atom is 0.406 e. The average Bonchev–Trinajstić information content (AvgIpc) is 2.72. The normalized spacial score (nSPS) is 20.4. The number of ether oxygens (including phenoxy) is 1. The summed E-state index contributed by atoms with van der Waals surface area (Å²) in [6.07, 6.45) is -1.38. The van der Waals surface area contributed by atoms with Crippen LogP contribution in [0.25, 0.3) is 10.9 Å². The van der Waals surface area contributed by atoms with E-state index in [0.29, 0.717) is 36.6 Å². The minimum absolute atomic E-state index is 0. The zero-order chi connectivity index (χ0) is 23.5. The highest BCUT2D eigenvalue weighted by Gasteiger charge is 2.40. The first kappa shape index (κ1) is 24.6. The van der Waals surface area contributed by atoms with Crippen LogP contribution in [0.1, 0.15) is 37.5 Å². The largest absolute Gasteiger partial charge is 0.434 e. The molecule has 1 aromatic heterocycles. The number of aliphatic hydroxyl groups excluding tert-OH is 1. The summed E-state index contributed by atoms with van der Waals surface area (Å²) in [5.41, 5.74) is 0.639. The number of benzene rings is 1. The molecule has 1 amide bonds. The van der Waals surface area contributed by atoms with Crippen LogP contribution in [0, 0.1) is 0 Å². The molecule has 1 aliphatic carbocycles. The van der Waals surface area contributed by atoms with Crippen molar-refractivity contribution in [3.8, 4) is 5.75 Å². The summed E-state index contributed by atoms with van der Waals surface area (Å²) in [6.45, 7) is -4.01. The molecule has 12 heteroatoms. The number of aromatic nitrogens is 1. The van der Waals surface area contributed by atoms with Crippen molar-refractivity contribution in [1.29, 1.82) is 0 Å². The number of hydrogen-bond donors (Lipinski definition) is 3. The molecule has 1 aliphatic rings. The fourth-order valence-electron chi connectivity index (χ4n) is 3.65. The van der Waals surface area contributed by atoms with Gasteiger partial charge in [-0.1, -0.05) is 0 Å². The summed E-state index contributed by atoms with van der Waals surface area (Å²) in [6, 6.07) is 1.85. The molecule has 0 aliphatic heterocycles. The van der Waals surface area contributed by atoms with Crippen molar-refractivity contribution < 1.29 is 38.0 Å². The first-order valence-corrected chi connectivity index (χ1v) is 10.6. The van der Waals surface area contributed by atoms with Crippen LogP contribution in [0.2, 0.25) is 0 Å². The molecular weight excluding hydrogens is 505 g/mol. The second-order valence-electron chi connectivity index (χ2n) is 7.54. The second kappa shape index (κ2) is 10.3. The van der Waals surface area contributed by atoms with Crippen LogP contribution in [0.3, 0.4) is 0 Å². The van der Waals surface area contributed by atoms with E-state index in [0.717, 1.165) is 0 Å². The van der Waals surface area contributed by atoms with Gasteiger partial charge in [0.25, 0.3) is 5.91 Å². The molecule has 1 aromatic carbocycles. The van der Waals surface area contributed by atoms with Gasteiger partial charge in [-0.15, -0.1) is 0 Å². The van der Waals surface area contributed by atoms with Crippen molar-refractivity contribution in [1.82, 2.24) is 15.6 Å². The van der Waals surface area contributed by atoms with Crippen molar-refractivity contribution in [3.05, 3.63) is 34.4 Å². The predicted molar refractivity (Wildman–Crippen MR) is 112 cm³/mol. The van der Waals surface area contributed by atoms with Gasteiger partial charge in [0.05, 0.1) is 22.2 Å². The Morgan fingerprint density at radius 2 is 1.88 bits per heavy atom. The van der Waals surface area contributed by atoms with E-state index in [9.17, 15) is 26.7 Å². The van der Waals surface area contributed by atoms with Crippen LogP contribution in [-0.2, 0) is 0 Å². The summed E-state index contributed by atoms with van der Waals surface area (Å²) < 4.78 is 68.0. The van der Waals surface area contributed by atoms with Gasteiger partial charge in [-0.05, 0) is 53.7 Å². The zero-order valence-corrected chi connectivity index (χ0v) is 18.2. The third-order valence-electron chi connectivity index (χ3n) is 5.29. The third kappa shape index (κ3) is 6.26. The van der Waals surface area contributed by atoms with Crippen LogP contribution in [-0.4, -0.2) is 53.5 Å². The van der Waals surface area contributed by atoms with Gasteiger partial charge in [0.2, 0.25) is 0 Å². The molecule has 0 saturated heterocycles.